The molecule has 1 aliphatic heterocycles. The molecule has 3 heteroatoms. The van der Waals surface area contributed by atoms with Gasteiger partial charge in [0.05, 0.1) is 6.61 Å². The van der Waals surface area contributed by atoms with E-state index in [-0.39, 0.29) is 0 Å². The van der Waals surface area contributed by atoms with Crippen LogP contribution in [-0.4, -0.2) is 6.61 Å². The second-order valence-corrected chi connectivity index (χ2v) is 3.26. The molecule has 14 heavy (non-hydrogen) atoms. The van der Waals surface area contributed by atoms with Crippen molar-refractivity contribution >= 4 is 0 Å². The molecule has 0 bridgehead atoms. The zero-order valence-corrected chi connectivity index (χ0v) is 8.46. The fraction of sp³-hybridized carbons (Fsp3) is 0.364. The molecule has 0 atom stereocenters. The third-order valence-electron chi connectivity index (χ3n) is 1.87. The molecule has 0 fully saturated rings. The van der Waals surface area contributed by atoms with Gasteiger partial charge in [0.2, 0.25) is 0 Å². The van der Waals surface area contributed by atoms with Crippen LogP contribution in [0, 0.1) is 11.5 Å². The minimum absolute atomic E-state index is 0.454. The van der Waals surface area contributed by atoms with Crippen molar-refractivity contribution in [3.63, 3.8) is 0 Å². The van der Waals surface area contributed by atoms with Crippen molar-refractivity contribution in [2.45, 2.75) is 20.3 Å². The lowest BCUT2D eigenvalue weighted by Crippen LogP contribution is -1.94. The number of rotatable bonds is 3. The maximum absolute atomic E-state index is 8.48. The Bertz CT molecular complexity index is 345. The molecule has 0 aliphatic carbocycles. The minimum atomic E-state index is 0.454. The van der Waals surface area contributed by atoms with Crippen molar-refractivity contribution in [1.29, 1.82) is 5.26 Å². The number of nitriles is 1. The zero-order chi connectivity index (χ0) is 10.6. The molecular weight excluding hydrogens is 178 g/mol. The van der Waals surface area contributed by atoms with E-state index in [1.54, 1.807) is 12.3 Å². The summed E-state index contributed by atoms with van der Waals surface area (Å²) in [6.07, 6.45) is 4.24. The quantitative estimate of drug-likeness (QED) is 0.391. The van der Waals surface area contributed by atoms with E-state index in [2.05, 4.69) is 6.58 Å². The Kier molecular flexibility index (Phi) is 3.35. The molecule has 3 nitrogen and oxygen atoms in total. The predicted molar refractivity (Wildman–Crippen MR) is 52.9 cm³/mol. The van der Waals surface area contributed by atoms with Crippen LogP contribution in [0.4, 0.5) is 0 Å². The molecule has 0 saturated heterocycles. The Hall–Kier alpha value is -1.69. The molecule has 0 aromatic carbocycles. The first-order valence-electron chi connectivity index (χ1n) is 4.41. The largest absolute Gasteiger partial charge is 0.489 e. The zero-order valence-electron chi connectivity index (χ0n) is 8.46. The first-order chi connectivity index (χ1) is 6.65. The summed E-state index contributed by atoms with van der Waals surface area (Å²) in [5.41, 5.74) is 1.93. The van der Waals surface area contributed by atoms with Crippen LogP contribution in [0.3, 0.4) is 0 Å². The molecule has 1 rings (SSSR count). The number of hydrogen-bond acceptors (Lipinski definition) is 3. The van der Waals surface area contributed by atoms with Gasteiger partial charge in [-0.25, -0.2) is 0 Å². The number of allylic oxidation sites excluding steroid dienone is 2. The lowest BCUT2D eigenvalue weighted by Gasteiger charge is -2.06. The highest BCUT2D eigenvalue weighted by Crippen LogP contribution is 2.26. The molecule has 0 radical (unpaired) electrons. The highest BCUT2D eigenvalue weighted by molar-refractivity contribution is 5.33. The third-order valence-corrected chi connectivity index (χ3v) is 1.87. The Labute approximate surface area is 83.9 Å². The lowest BCUT2D eigenvalue weighted by atomic mass is 10.2. The van der Waals surface area contributed by atoms with Gasteiger partial charge in [0, 0.05) is 6.42 Å². The van der Waals surface area contributed by atoms with Gasteiger partial charge in [0.25, 0.3) is 6.26 Å². The van der Waals surface area contributed by atoms with Gasteiger partial charge in [0.1, 0.15) is 0 Å². The molecule has 0 N–H and O–H groups in total. The maximum Gasteiger partial charge on any atom is 0.292 e. The highest BCUT2D eigenvalue weighted by Gasteiger charge is 2.18. The van der Waals surface area contributed by atoms with Crippen LogP contribution in [0.25, 0.3) is 0 Å². The molecule has 1 aliphatic rings. The summed E-state index contributed by atoms with van der Waals surface area (Å²) in [6.45, 7) is 8.19. The van der Waals surface area contributed by atoms with Crippen LogP contribution in [0.5, 0.6) is 0 Å². The van der Waals surface area contributed by atoms with Gasteiger partial charge in [-0.3, -0.25) is 0 Å². The van der Waals surface area contributed by atoms with Crippen molar-refractivity contribution in [2.24, 2.45) is 0 Å². The second kappa shape index (κ2) is 4.52. The summed E-state index contributed by atoms with van der Waals surface area (Å²) >= 11 is 0. The summed E-state index contributed by atoms with van der Waals surface area (Å²) in [4.78, 5) is 0. The van der Waals surface area contributed by atoms with Gasteiger partial charge in [-0.2, -0.15) is 0 Å². The van der Waals surface area contributed by atoms with Gasteiger partial charge in [-0.15, -0.1) is 5.26 Å². The molecule has 0 aromatic heterocycles. The molecule has 1 heterocycles. The van der Waals surface area contributed by atoms with Crippen molar-refractivity contribution in [2.75, 3.05) is 6.61 Å². The van der Waals surface area contributed by atoms with E-state index in [1.807, 2.05) is 13.8 Å². The fourth-order valence-corrected chi connectivity index (χ4v) is 1.24. The summed E-state index contributed by atoms with van der Waals surface area (Å²) in [6, 6.07) is 0. The van der Waals surface area contributed by atoms with E-state index in [0.717, 1.165) is 17.6 Å². The van der Waals surface area contributed by atoms with E-state index in [1.165, 1.54) is 0 Å². The van der Waals surface area contributed by atoms with Gasteiger partial charge in [-0.1, -0.05) is 12.2 Å². The first kappa shape index (κ1) is 10.4. The average molecular weight is 191 g/mol. The van der Waals surface area contributed by atoms with Gasteiger partial charge in [-0.05, 0) is 25.5 Å². The summed E-state index contributed by atoms with van der Waals surface area (Å²) in [7, 11) is 0. The van der Waals surface area contributed by atoms with Crippen molar-refractivity contribution in [3.05, 3.63) is 35.3 Å². The number of ether oxygens (including phenoxy) is 2. The van der Waals surface area contributed by atoms with E-state index >= 15 is 0 Å². The third kappa shape index (κ3) is 2.40. The predicted octanol–water partition coefficient (Wildman–Crippen LogP) is 2.64. The normalized spacial score (nSPS) is 16.2. The van der Waals surface area contributed by atoms with Crippen LogP contribution < -0.4 is 0 Å². The smallest absolute Gasteiger partial charge is 0.292 e. The molecule has 0 saturated carbocycles. The van der Waals surface area contributed by atoms with Gasteiger partial charge >= 0.3 is 0 Å². The van der Waals surface area contributed by atoms with Crippen LogP contribution in [0.1, 0.15) is 20.3 Å². The number of hydrogen-bond donors (Lipinski definition) is 0. The first-order valence-corrected chi connectivity index (χ1v) is 4.41. The van der Waals surface area contributed by atoms with Crippen LogP contribution in [0.2, 0.25) is 0 Å². The Morgan fingerprint density at radius 2 is 2.43 bits per heavy atom. The highest BCUT2D eigenvalue weighted by atomic mass is 16.5. The van der Waals surface area contributed by atoms with Crippen molar-refractivity contribution in [1.82, 2.24) is 0 Å². The summed E-state index contributed by atoms with van der Waals surface area (Å²) in [5, 5.41) is 8.48. The summed E-state index contributed by atoms with van der Waals surface area (Å²) in [5.74, 6) is 1.13. The Balaban J connectivity index is 2.95. The van der Waals surface area contributed by atoms with Crippen LogP contribution >= 0.6 is 0 Å². The molecule has 0 aromatic rings. The monoisotopic (exact) mass is 191 g/mol. The second-order valence-electron chi connectivity index (χ2n) is 3.26. The maximum atomic E-state index is 8.48. The van der Waals surface area contributed by atoms with Crippen molar-refractivity contribution in [3.8, 4) is 6.26 Å². The average Bonchev–Trinajstić information content (AvgIpc) is 2.50. The molecule has 0 amide bonds. The van der Waals surface area contributed by atoms with E-state index < -0.39 is 0 Å². The lowest BCUT2D eigenvalue weighted by molar-refractivity contribution is 0.219. The fourth-order valence-electron chi connectivity index (χ4n) is 1.24. The molecular formula is C11H13NO2. The van der Waals surface area contributed by atoms with E-state index in [4.69, 9.17) is 14.7 Å². The molecule has 0 spiro atoms. The molecule has 74 valence electrons. The van der Waals surface area contributed by atoms with Gasteiger partial charge < -0.3 is 9.47 Å². The molecule has 0 unspecified atom stereocenters. The van der Waals surface area contributed by atoms with E-state index in [9.17, 15) is 0 Å². The van der Waals surface area contributed by atoms with Gasteiger partial charge in [0.15, 0.2) is 11.5 Å². The van der Waals surface area contributed by atoms with Crippen molar-refractivity contribution < 1.29 is 9.47 Å². The van der Waals surface area contributed by atoms with Crippen LogP contribution in [0.15, 0.2) is 35.3 Å². The SMILES string of the molecule is C=C(C)/C=C(/OC#N)C1=C(C)CCO1. The standard InChI is InChI=1S/C11H13NO2/c1-8(2)6-10(14-7-12)11-9(3)4-5-13-11/h6H,1,4-5H2,2-3H3/b10-6+. The van der Waals surface area contributed by atoms with Crippen LogP contribution in [-0.2, 0) is 9.47 Å². The number of nitrogens with zero attached hydrogens (tertiary/aromatic N) is 1. The Morgan fingerprint density at radius 1 is 1.71 bits per heavy atom. The summed E-state index contributed by atoms with van der Waals surface area (Å²) < 4.78 is 10.2. The Morgan fingerprint density at radius 3 is 2.86 bits per heavy atom. The van der Waals surface area contributed by atoms with E-state index in [0.29, 0.717) is 18.1 Å². The minimum Gasteiger partial charge on any atom is -0.489 e. The topological polar surface area (TPSA) is 42.2 Å².